The SMILES string of the molecule is C=CCN1C(=O)[C@]2(O[C@H](CC(=O)N3CCC[C@H]3CO)[C@@H]([Si](C)(C)O)[C@@H]2C)c2cc(N3CN(c4ccccc4)C4(CCNCC4)C3=O)ccc21. The zero-order valence-corrected chi connectivity index (χ0v) is 29.8. The Kier molecular flexibility index (Phi) is 8.76. The van der Waals surface area contributed by atoms with Gasteiger partial charge < -0.3 is 34.7 Å². The van der Waals surface area contributed by atoms with E-state index in [1.807, 2.05) is 73.4 Å². The first-order valence-electron chi connectivity index (χ1n) is 17.7. The number of rotatable bonds is 8. The molecule has 5 atom stereocenters. The second-order valence-electron chi connectivity index (χ2n) is 15.0. The highest BCUT2D eigenvalue weighted by Gasteiger charge is 2.67. The molecule has 3 amide bonds. The summed E-state index contributed by atoms with van der Waals surface area (Å²) < 4.78 is 6.94. The van der Waals surface area contributed by atoms with E-state index in [0.29, 0.717) is 43.0 Å². The highest BCUT2D eigenvalue weighted by molar-refractivity contribution is 6.71. The molecule has 0 unspecified atom stereocenters. The van der Waals surface area contributed by atoms with Gasteiger partial charge in [-0.05, 0) is 82.2 Å². The lowest BCUT2D eigenvalue weighted by Gasteiger charge is -2.39. The molecule has 0 aliphatic carbocycles. The summed E-state index contributed by atoms with van der Waals surface area (Å²) >= 11 is 0. The van der Waals surface area contributed by atoms with Crippen LogP contribution in [0.2, 0.25) is 18.6 Å². The number of likely N-dealkylation sites (tertiary alicyclic amines) is 1. The number of hydrogen-bond donors (Lipinski definition) is 3. The molecule has 0 bridgehead atoms. The van der Waals surface area contributed by atoms with Gasteiger partial charge in [-0.25, -0.2) is 0 Å². The van der Waals surface area contributed by atoms with E-state index < -0.39 is 37.0 Å². The minimum atomic E-state index is -3.00. The Bertz CT molecular complexity index is 1630. The van der Waals surface area contributed by atoms with Crippen molar-refractivity contribution in [1.29, 1.82) is 0 Å². The maximum atomic E-state index is 14.7. The number of nitrogens with one attached hydrogen (secondary N) is 1. The van der Waals surface area contributed by atoms with Gasteiger partial charge in [0, 0.05) is 41.5 Å². The molecule has 0 radical (unpaired) electrons. The Hall–Kier alpha value is -3.55. The number of amides is 3. The molecule has 2 aromatic rings. The van der Waals surface area contributed by atoms with Crippen LogP contribution in [0.3, 0.4) is 0 Å². The van der Waals surface area contributed by atoms with Crippen LogP contribution in [-0.4, -0.2) is 98.0 Å². The Morgan fingerprint density at radius 3 is 2.51 bits per heavy atom. The van der Waals surface area contributed by atoms with Crippen LogP contribution in [0.1, 0.15) is 44.6 Å². The van der Waals surface area contributed by atoms with Gasteiger partial charge in [-0.1, -0.05) is 31.2 Å². The molecular weight excluding hydrogens is 639 g/mol. The minimum Gasteiger partial charge on any atom is -0.432 e. The lowest BCUT2D eigenvalue weighted by molar-refractivity contribution is -0.149. The van der Waals surface area contributed by atoms with Gasteiger partial charge in [0.25, 0.3) is 11.8 Å². The van der Waals surface area contributed by atoms with E-state index in [2.05, 4.69) is 16.8 Å². The monoisotopic (exact) mass is 687 g/mol. The van der Waals surface area contributed by atoms with Crippen molar-refractivity contribution in [3.63, 3.8) is 0 Å². The summed E-state index contributed by atoms with van der Waals surface area (Å²) in [7, 11) is -3.00. The van der Waals surface area contributed by atoms with Crippen LogP contribution in [0.5, 0.6) is 0 Å². The summed E-state index contributed by atoms with van der Waals surface area (Å²) in [5.41, 5.74) is 0.459. The van der Waals surface area contributed by atoms with Gasteiger partial charge in [0.15, 0.2) is 13.9 Å². The van der Waals surface area contributed by atoms with Crippen LogP contribution in [0.15, 0.2) is 61.2 Å². The third-order valence-corrected chi connectivity index (χ3v) is 14.3. The van der Waals surface area contributed by atoms with Crippen LogP contribution in [-0.2, 0) is 24.7 Å². The van der Waals surface area contributed by atoms with Crippen LogP contribution < -0.4 is 20.0 Å². The number of nitrogens with zero attached hydrogens (tertiary/aromatic N) is 4. The Labute approximate surface area is 289 Å². The van der Waals surface area contributed by atoms with Gasteiger partial charge in [-0.15, -0.1) is 6.58 Å². The van der Waals surface area contributed by atoms with Gasteiger partial charge in [-0.3, -0.25) is 19.3 Å². The third-order valence-electron chi connectivity index (χ3n) is 11.8. The molecule has 0 aromatic heterocycles. The standard InChI is InChI=1S/C37H49N5O6Si/c1-5-19-40-30-14-13-27(41-24-42(26-10-7-6-8-11-26)36(34(41)45)15-17-38-18-16-36)21-29(30)37(35(40)46)25(2)33(49(3,4)47)31(48-37)22-32(44)39-20-9-12-28(39)23-43/h5-8,10-11,13-14,21,25,28,31,33,38,43,47H,1,9,12,15-20,22-24H2,2-4H3/t25-,28-,31+,33-,37+/m0/s1. The van der Waals surface area contributed by atoms with Gasteiger partial charge in [-0.2, -0.15) is 0 Å². The number of aliphatic hydroxyl groups is 1. The van der Waals surface area contributed by atoms with E-state index in [-0.39, 0.29) is 43.3 Å². The highest BCUT2D eigenvalue weighted by atomic mass is 28.4. The van der Waals surface area contributed by atoms with Crippen LogP contribution >= 0.6 is 0 Å². The second-order valence-corrected chi connectivity index (χ2v) is 18.9. The summed E-state index contributed by atoms with van der Waals surface area (Å²) in [6, 6.07) is 15.6. The summed E-state index contributed by atoms with van der Waals surface area (Å²) in [5.74, 6) is -0.791. The van der Waals surface area contributed by atoms with Gasteiger partial charge in [0.2, 0.25) is 5.91 Å². The lowest BCUT2D eigenvalue weighted by Crippen LogP contribution is -2.55. The maximum Gasteiger partial charge on any atom is 0.264 e. The molecule has 4 saturated heterocycles. The van der Waals surface area contributed by atoms with Crippen LogP contribution in [0.25, 0.3) is 0 Å². The molecule has 2 spiro atoms. The summed E-state index contributed by atoms with van der Waals surface area (Å²) in [4.78, 5) is 62.1. The largest absolute Gasteiger partial charge is 0.432 e. The molecule has 5 heterocycles. The van der Waals surface area contributed by atoms with Crippen molar-refractivity contribution < 1.29 is 29.0 Å². The number of carbonyl (C=O) groups is 3. The number of anilines is 3. The van der Waals surface area contributed by atoms with Crippen LogP contribution in [0, 0.1) is 5.92 Å². The fourth-order valence-electron chi connectivity index (χ4n) is 9.55. The number of hydrogen-bond acceptors (Lipinski definition) is 8. The predicted molar refractivity (Wildman–Crippen MR) is 191 cm³/mol. The molecule has 5 aliphatic rings. The average molecular weight is 688 g/mol. The van der Waals surface area contributed by atoms with E-state index >= 15 is 0 Å². The van der Waals surface area contributed by atoms with Crippen molar-refractivity contribution in [2.45, 2.75) is 80.9 Å². The molecule has 7 rings (SSSR count). The van der Waals surface area contributed by atoms with Gasteiger partial charge in [0.1, 0.15) is 5.54 Å². The highest BCUT2D eigenvalue weighted by Crippen LogP contribution is 2.60. The Balaban J connectivity index is 1.29. The van der Waals surface area contributed by atoms with E-state index in [1.54, 1.807) is 15.9 Å². The molecule has 12 heteroatoms. The van der Waals surface area contributed by atoms with E-state index in [0.717, 1.165) is 31.6 Å². The lowest BCUT2D eigenvalue weighted by atomic mass is 9.82. The molecule has 5 aliphatic heterocycles. The quantitative estimate of drug-likeness (QED) is 0.285. The number of benzene rings is 2. The fourth-order valence-corrected chi connectivity index (χ4v) is 12.1. The number of para-hydroxylation sites is 1. The Morgan fingerprint density at radius 2 is 1.84 bits per heavy atom. The first-order valence-corrected chi connectivity index (χ1v) is 20.7. The first-order chi connectivity index (χ1) is 23.5. The van der Waals surface area contributed by atoms with Crippen molar-refractivity contribution in [2.75, 3.05) is 54.2 Å². The normalized spacial score (nSPS) is 29.5. The van der Waals surface area contributed by atoms with E-state index in [1.165, 1.54) is 0 Å². The topological polar surface area (TPSA) is 126 Å². The first kappa shape index (κ1) is 33.9. The zero-order chi connectivity index (χ0) is 34.7. The summed E-state index contributed by atoms with van der Waals surface area (Å²) in [5, 5.41) is 13.3. The average Bonchev–Trinajstić information content (AvgIpc) is 3.81. The Morgan fingerprint density at radius 1 is 1.10 bits per heavy atom. The van der Waals surface area contributed by atoms with Gasteiger partial charge in [0.05, 0.1) is 37.5 Å². The third kappa shape index (κ3) is 5.25. The van der Waals surface area contributed by atoms with Crippen molar-refractivity contribution in [3.8, 4) is 0 Å². The molecule has 3 N–H and O–H groups in total. The van der Waals surface area contributed by atoms with E-state index in [9.17, 15) is 24.3 Å². The molecule has 4 fully saturated rings. The second kappa shape index (κ2) is 12.6. The number of aliphatic hydroxyl groups excluding tert-OH is 1. The molecular formula is C37H49N5O6Si. The summed E-state index contributed by atoms with van der Waals surface area (Å²) in [6.45, 7) is 12.2. The van der Waals surface area contributed by atoms with Crippen molar-refractivity contribution >= 4 is 43.1 Å². The molecule has 0 saturated carbocycles. The predicted octanol–water partition coefficient (Wildman–Crippen LogP) is 3.32. The van der Waals surface area contributed by atoms with Gasteiger partial charge >= 0.3 is 0 Å². The van der Waals surface area contributed by atoms with Crippen molar-refractivity contribution in [1.82, 2.24) is 10.2 Å². The zero-order valence-electron chi connectivity index (χ0n) is 28.8. The fraction of sp³-hybridized carbons (Fsp3) is 0.541. The maximum absolute atomic E-state index is 14.7. The number of ether oxygens (including phenoxy) is 1. The molecule has 262 valence electrons. The molecule has 2 aromatic carbocycles. The van der Waals surface area contributed by atoms with Crippen molar-refractivity contribution in [3.05, 3.63) is 66.7 Å². The number of fused-ring (bicyclic) bond motifs is 2. The molecule has 49 heavy (non-hydrogen) atoms. The molecule has 11 nitrogen and oxygen atoms in total. The van der Waals surface area contributed by atoms with E-state index in [4.69, 9.17) is 4.74 Å². The van der Waals surface area contributed by atoms with Crippen LogP contribution in [0.4, 0.5) is 17.1 Å². The smallest absolute Gasteiger partial charge is 0.264 e. The number of piperidine rings is 1. The summed E-state index contributed by atoms with van der Waals surface area (Å²) in [6.07, 6.45) is 3.94. The minimum absolute atomic E-state index is 0.0151. The number of carbonyl (C=O) groups excluding carboxylic acids is 3. The van der Waals surface area contributed by atoms with Crippen molar-refractivity contribution in [2.24, 2.45) is 5.92 Å².